The van der Waals surface area contributed by atoms with Crippen molar-refractivity contribution in [2.24, 2.45) is 7.05 Å². The van der Waals surface area contributed by atoms with Crippen molar-refractivity contribution in [1.29, 1.82) is 0 Å². The topological polar surface area (TPSA) is 55.1 Å². The van der Waals surface area contributed by atoms with E-state index in [0.29, 0.717) is 10.6 Å². The Morgan fingerprint density at radius 1 is 1.29 bits per heavy atom. The number of aromatic nitrogens is 2. The van der Waals surface area contributed by atoms with E-state index in [-0.39, 0.29) is 16.5 Å². The van der Waals surface area contributed by atoms with E-state index in [1.807, 2.05) is 13.0 Å². The van der Waals surface area contributed by atoms with Gasteiger partial charge in [-0.05, 0) is 25.1 Å². The van der Waals surface area contributed by atoms with Crippen LogP contribution in [-0.4, -0.2) is 14.9 Å². The van der Waals surface area contributed by atoms with E-state index < -0.39 is 5.56 Å². The van der Waals surface area contributed by atoms with Crippen molar-refractivity contribution in [3.63, 3.8) is 0 Å². The van der Waals surface area contributed by atoms with Crippen LogP contribution in [0.5, 0.6) is 5.75 Å². The fourth-order valence-corrected chi connectivity index (χ4v) is 3.75. The van der Waals surface area contributed by atoms with Crippen LogP contribution in [0.15, 0.2) is 23.0 Å². The molecule has 0 aliphatic heterocycles. The molecule has 108 valence electrons. The van der Waals surface area contributed by atoms with Crippen molar-refractivity contribution in [2.45, 2.75) is 6.92 Å². The minimum Gasteiger partial charge on any atom is -0.504 e. The Morgan fingerprint density at radius 2 is 2.00 bits per heavy atom. The predicted molar refractivity (Wildman–Crippen MR) is 86.7 cm³/mol. The van der Waals surface area contributed by atoms with Crippen LogP contribution in [0.4, 0.5) is 0 Å². The molecule has 1 aromatic carbocycles. The summed E-state index contributed by atoms with van der Waals surface area (Å²) in [5.41, 5.74) is 0.406. The highest BCUT2D eigenvalue weighted by molar-refractivity contribution is 7.19. The molecule has 4 nitrogen and oxygen atoms in total. The van der Waals surface area contributed by atoms with Crippen molar-refractivity contribution in [1.82, 2.24) is 9.78 Å². The monoisotopic (exact) mass is 340 g/mol. The van der Waals surface area contributed by atoms with Gasteiger partial charge in [0.15, 0.2) is 10.9 Å². The number of fused-ring (bicyclic) bond motifs is 1. The number of benzene rings is 1. The van der Waals surface area contributed by atoms with Crippen molar-refractivity contribution in [3.8, 4) is 16.9 Å². The SMILES string of the molecule is Cc1sc2ccc(Cl)cc2c1-c1c(O)c(Cl)nn(C)c1=O. The molecule has 0 saturated carbocycles. The standard InChI is InChI=1S/C14H10Cl2N2O2S/c1-6-10(8-5-7(15)3-4-9(8)21-6)11-12(19)13(16)17-18(2)14(11)20/h3-5,19H,1-2H3. The number of rotatable bonds is 1. The first-order valence-electron chi connectivity index (χ1n) is 6.05. The summed E-state index contributed by atoms with van der Waals surface area (Å²) in [5.74, 6) is -0.303. The van der Waals surface area contributed by atoms with Crippen molar-refractivity contribution >= 4 is 44.6 Å². The third kappa shape index (κ3) is 2.21. The van der Waals surface area contributed by atoms with Gasteiger partial charge in [0.2, 0.25) is 0 Å². The van der Waals surface area contributed by atoms with Crippen LogP contribution in [0.1, 0.15) is 4.88 Å². The zero-order valence-electron chi connectivity index (χ0n) is 11.1. The number of nitrogens with zero attached hydrogens (tertiary/aromatic N) is 2. The van der Waals surface area contributed by atoms with Crippen LogP contribution in [0.25, 0.3) is 21.2 Å². The van der Waals surface area contributed by atoms with Gasteiger partial charge in [0.25, 0.3) is 5.56 Å². The van der Waals surface area contributed by atoms with Gasteiger partial charge in [0.1, 0.15) is 0 Å². The van der Waals surface area contributed by atoms with Gasteiger partial charge >= 0.3 is 0 Å². The van der Waals surface area contributed by atoms with Crippen LogP contribution in [0, 0.1) is 6.92 Å². The summed E-state index contributed by atoms with van der Waals surface area (Å²) in [4.78, 5) is 13.3. The Morgan fingerprint density at radius 3 is 2.71 bits per heavy atom. The highest BCUT2D eigenvalue weighted by atomic mass is 35.5. The second-order valence-electron chi connectivity index (χ2n) is 4.62. The normalized spacial score (nSPS) is 11.2. The van der Waals surface area contributed by atoms with Crippen molar-refractivity contribution in [3.05, 3.63) is 43.6 Å². The van der Waals surface area contributed by atoms with Gasteiger partial charge in [0.05, 0.1) is 5.56 Å². The molecule has 1 N–H and O–H groups in total. The van der Waals surface area contributed by atoms with E-state index in [0.717, 1.165) is 19.6 Å². The molecule has 0 fully saturated rings. The summed E-state index contributed by atoms with van der Waals surface area (Å²) in [6.07, 6.45) is 0. The molecule has 2 heterocycles. The predicted octanol–water partition coefficient (Wildman–Crippen LogP) is 3.98. The summed E-state index contributed by atoms with van der Waals surface area (Å²) in [6, 6.07) is 5.47. The lowest BCUT2D eigenvalue weighted by molar-refractivity contribution is 0.467. The largest absolute Gasteiger partial charge is 0.504 e. The average Bonchev–Trinajstić information content (AvgIpc) is 2.73. The molecule has 0 bridgehead atoms. The van der Waals surface area contributed by atoms with Gasteiger partial charge in [0, 0.05) is 32.6 Å². The molecule has 0 atom stereocenters. The van der Waals surface area contributed by atoms with E-state index >= 15 is 0 Å². The van der Waals surface area contributed by atoms with Crippen LogP contribution in [0.3, 0.4) is 0 Å². The fraction of sp³-hybridized carbons (Fsp3) is 0.143. The quantitative estimate of drug-likeness (QED) is 0.728. The van der Waals surface area contributed by atoms with Gasteiger partial charge in [-0.25, -0.2) is 4.68 Å². The van der Waals surface area contributed by atoms with Crippen LogP contribution >= 0.6 is 34.5 Å². The molecule has 3 rings (SSSR count). The molecule has 21 heavy (non-hydrogen) atoms. The number of halogens is 2. The average molecular weight is 341 g/mol. The number of thiophene rings is 1. The van der Waals surface area contributed by atoms with E-state index in [9.17, 15) is 9.90 Å². The summed E-state index contributed by atoms with van der Waals surface area (Å²) in [5, 5.41) is 15.2. The molecule has 0 saturated heterocycles. The van der Waals surface area contributed by atoms with Crippen molar-refractivity contribution < 1.29 is 5.11 Å². The first-order valence-corrected chi connectivity index (χ1v) is 7.62. The van der Waals surface area contributed by atoms with Crippen molar-refractivity contribution in [2.75, 3.05) is 0 Å². The molecule has 0 unspecified atom stereocenters. The minimum absolute atomic E-state index is 0.104. The molecule has 0 aliphatic carbocycles. The van der Waals surface area contributed by atoms with E-state index in [2.05, 4.69) is 5.10 Å². The van der Waals surface area contributed by atoms with E-state index in [1.165, 1.54) is 18.4 Å². The van der Waals surface area contributed by atoms with E-state index in [4.69, 9.17) is 23.2 Å². The smallest absolute Gasteiger partial charge is 0.278 e. The number of hydrogen-bond acceptors (Lipinski definition) is 4. The van der Waals surface area contributed by atoms with Gasteiger partial charge in [-0.1, -0.05) is 23.2 Å². The van der Waals surface area contributed by atoms with Gasteiger partial charge in [-0.3, -0.25) is 4.79 Å². The number of aryl methyl sites for hydroxylation is 2. The molecule has 3 aromatic rings. The van der Waals surface area contributed by atoms with Crippen LogP contribution in [-0.2, 0) is 7.05 Å². The van der Waals surface area contributed by atoms with E-state index in [1.54, 1.807) is 12.1 Å². The Balaban J connectivity index is 2.49. The Labute approximate surface area is 134 Å². The Kier molecular flexibility index (Phi) is 3.43. The lowest BCUT2D eigenvalue weighted by Gasteiger charge is -2.08. The minimum atomic E-state index is -0.403. The third-order valence-electron chi connectivity index (χ3n) is 3.25. The molecule has 2 aromatic heterocycles. The molecular weight excluding hydrogens is 331 g/mol. The summed E-state index contributed by atoms with van der Waals surface area (Å²) >= 11 is 13.5. The van der Waals surface area contributed by atoms with Gasteiger partial charge < -0.3 is 5.11 Å². The number of aromatic hydroxyl groups is 1. The zero-order valence-corrected chi connectivity index (χ0v) is 13.5. The fourth-order valence-electron chi connectivity index (χ4n) is 2.32. The third-order valence-corrected chi connectivity index (χ3v) is 4.83. The maximum absolute atomic E-state index is 12.4. The second-order valence-corrected chi connectivity index (χ2v) is 6.67. The first-order chi connectivity index (χ1) is 9.90. The molecule has 0 aliphatic rings. The second kappa shape index (κ2) is 5.02. The zero-order chi connectivity index (χ0) is 15.3. The van der Waals surface area contributed by atoms with Crippen LogP contribution in [0.2, 0.25) is 10.2 Å². The van der Waals surface area contributed by atoms with Gasteiger partial charge in [-0.2, -0.15) is 5.10 Å². The van der Waals surface area contributed by atoms with Gasteiger partial charge in [-0.15, -0.1) is 11.3 Å². The van der Waals surface area contributed by atoms with Crippen LogP contribution < -0.4 is 5.56 Å². The lowest BCUT2D eigenvalue weighted by Crippen LogP contribution is -2.21. The molecule has 0 radical (unpaired) electrons. The highest BCUT2D eigenvalue weighted by Crippen LogP contribution is 2.42. The summed E-state index contributed by atoms with van der Waals surface area (Å²) in [6.45, 7) is 1.89. The maximum atomic E-state index is 12.4. The summed E-state index contributed by atoms with van der Waals surface area (Å²) in [7, 11) is 1.49. The molecule has 0 amide bonds. The molecular formula is C14H10Cl2N2O2S. The highest BCUT2D eigenvalue weighted by Gasteiger charge is 2.21. The Bertz CT molecular complexity index is 931. The molecule has 0 spiro atoms. The summed E-state index contributed by atoms with van der Waals surface area (Å²) < 4.78 is 2.10. The maximum Gasteiger partial charge on any atom is 0.278 e. The molecule has 7 heteroatoms. The lowest BCUT2D eigenvalue weighted by atomic mass is 10.0. The number of hydrogen-bond donors (Lipinski definition) is 1. The first kappa shape index (κ1) is 14.4. The Hall–Kier alpha value is -1.56.